The van der Waals surface area contributed by atoms with Crippen LogP contribution in [0.4, 0.5) is 0 Å². The Labute approximate surface area is 151 Å². The van der Waals surface area contributed by atoms with Gasteiger partial charge in [-0.2, -0.15) is 0 Å². The molecule has 0 aromatic carbocycles. The third kappa shape index (κ3) is 2.44. The van der Waals surface area contributed by atoms with E-state index in [1.807, 2.05) is 6.92 Å². The number of fused-ring (bicyclic) bond motifs is 5. The molecule has 3 heteroatoms. The van der Waals surface area contributed by atoms with Gasteiger partial charge in [-0.25, -0.2) is 0 Å². The molecular formula is C22H34O3. The highest BCUT2D eigenvalue weighted by Gasteiger charge is 2.59. The summed E-state index contributed by atoms with van der Waals surface area (Å²) >= 11 is 0. The van der Waals surface area contributed by atoms with Gasteiger partial charge >= 0.3 is 5.97 Å². The van der Waals surface area contributed by atoms with Crippen LogP contribution < -0.4 is 0 Å². The average molecular weight is 347 g/mol. The van der Waals surface area contributed by atoms with E-state index in [1.165, 1.54) is 24.8 Å². The van der Waals surface area contributed by atoms with Crippen molar-refractivity contribution >= 4 is 5.97 Å². The average Bonchev–Trinajstić information content (AvgIpc) is 2.92. The van der Waals surface area contributed by atoms with Crippen molar-refractivity contribution in [2.45, 2.75) is 78.2 Å². The minimum atomic E-state index is -0.618. The first kappa shape index (κ1) is 17.6. The molecule has 3 saturated carbocycles. The summed E-state index contributed by atoms with van der Waals surface area (Å²) in [5.74, 6) is 1.63. The van der Waals surface area contributed by atoms with Gasteiger partial charge in [-0.3, -0.25) is 4.79 Å². The molecule has 4 aliphatic rings. The van der Waals surface area contributed by atoms with Gasteiger partial charge in [0.25, 0.3) is 0 Å². The van der Waals surface area contributed by atoms with Gasteiger partial charge in [0.15, 0.2) is 0 Å². The Hall–Kier alpha value is -0.830. The van der Waals surface area contributed by atoms with E-state index in [0.29, 0.717) is 17.8 Å². The summed E-state index contributed by atoms with van der Waals surface area (Å²) in [6.45, 7) is 6.78. The first-order valence-corrected chi connectivity index (χ1v) is 10.4. The van der Waals surface area contributed by atoms with E-state index in [-0.39, 0.29) is 22.9 Å². The molecule has 2 N–H and O–H groups in total. The summed E-state index contributed by atoms with van der Waals surface area (Å²) in [5, 5.41) is 19.7. The molecule has 0 saturated heterocycles. The maximum absolute atomic E-state index is 11.6. The second kappa shape index (κ2) is 5.84. The topological polar surface area (TPSA) is 57.5 Å². The Morgan fingerprint density at radius 1 is 1.16 bits per heavy atom. The molecule has 0 radical (unpaired) electrons. The van der Waals surface area contributed by atoms with Crippen LogP contribution >= 0.6 is 0 Å². The summed E-state index contributed by atoms with van der Waals surface area (Å²) in [4.78, 5) is 11.6. The normalized spacial score (nSPS) is 50.2. The zero-order valence-electron chi connectivity index (χ0n) is 16.0. The highest BCUT2D eigenvalue weighted by atomic mass is 16.4. The van der Waals surface area contributed by atoms with Gasteiger partial charge in [0.05, 0.1) is 12.0 Å². The quantitative estimate of drug-likeness (QED) is 0.716. The summed E-state index contributed by atoms with van der Waals surface area (Å²) in [5.41, 5.74) is 2.00. The number of aliphatic hydroxyl groups excluding tert-OH is 1. The van der Waals surface area contributed by atoms with Crippen molar-refractivity contribution < 1.29 is 15.0 Å². The SMILES string of the molecule is C[C@@H](C(=O)O)[C@H]1CC[C@@H]2[C@H]3CC=C4C[C@@H](O)CC[C@]4(C)[C@@H]3CC[C@@]21C. The van der Waals surface area contributed by atoms with Gasteiger partial charge in [-0.05, 0) is 85.9 Å². The number of carboxylic acid groups (broad SMARTS) is 1. The van der Waals surface area contributed by atoms with Crippen LogP contribution in [0.2, 0.25) is 0 Å². The van der Waals surface area contributed by atoms with Crippen molar-refractivity contribution in [3.63, 3.8) is 0 Å². The van der Waals surface area contributed by atoms with Crippen LogP contribution in [-0.4, -0.2) is 22.3 Å². The molecule has 0 heterocycles. The molecule has 4 rings (SSSR count). The molecule has 140 valence electrons. The molecule has 25 heavy (non-hydrogen) atoms. The van der Waals surface area contributed by atoms with E-state index < -0.39 is 5.97 Å². The molecule has 0 unspecified atom stereocenters. The van der Waals surface area contributed by atoms with E-state index in [4.69, 9.17) is 0 Å². The Bertz CT molecular complexity index is 596. The van der Waals surface area contributed by atoms with Crippen molar-refractivity contribution in [1.82, 2.24) is 0 Å². The maximum atomic E-state index is 11.6. The zero-order chi connectivity index (χ0) is 18.0. The van der Waals surface area contributed by atoms with E-state index >= 15 is 0 Å². The lowest BCUT2D eigenvalue weighted by molar-refractivity contribution is -0.146. The van der Waals surface area contributed by atoms with Crippen LogP contribution in [0.15, 0.2) is 11.6 Å². The van der Waals surface area contributed by atoms with Crippen molar-refractivity contribution in [3.8, 4) is 0 Å². The molecule has 0 bridgehead atoms. The molecule has 0 spiro atoms. The lowest BCUT2D eigenvalue weighted by Gasteiger charge is -2.58. The molecular weight excluding hydrogens is 312 g/mol. The number of hydrogen-bond donors (Lipinski definition) is 2. The fraction of sp³-hybridized carbons (Fsp3) is 0.864. The van der Waals surface area contributed by atoms with E-state index in [0.717, 1.165) is 38.0 Å². The van der Waals surface area contributed by atoms with E-state index in [9.17, 15) is 15.0 Å². The second-order valence-electron chi connectivity index (χ2n) is 10.0. The number of hydrogen-bond acceptors (Lipinski definition) is 2. The van der Waals surface area contributed by atoms with Crippen molar-refractivity contribution in [2.24, 2.45) is 40.4 Å². The molecule has 8 atom stereocenters. The summed E-state index contributed by atoms with van der Waals surface area (Å²) in [6.07, 6.45) is 11.1. The number of rotatable bonds is 2. The van der Waals surface area contributed by atoms with Gasteiger partial charge in [0.1, 0.15) is 0 Å². The Kier molecular flexibility index (Phi) is 4.10. The standard InChI is InChI=1S/C22H34O3/c1-13(20(24)25)17-6-7-18-16-5-4-14-12-15(23)8-10-21(14,2)19(16)9-11-22(17,18)3/h4,13,15-19,23H,5-12H2,1-3H3,(H,24,25)/t13-,15+,16-,17-,18-,19-,21+,22-/m1/s1. The molecule has 0 aromatic heterocycles. The van der Waals surface area contributed by atoms with Crippen LogP contribution in [0.3, 0.4) is 0 Å². The Morgan fingerprint density at radius 2 is 1.92 bits per heavy atom. The molecule has 4 aliphatic carbocycles. The molecule has 0 amide bonds. The highest BCUT2D eigenvalue weighted by molar-refractivity contribution is 5.70. The number of carbonyl (C=O) groups is 1. The van der Waals surface area contributed by atoms with Crippen molar-refractivity contribution in [2.75, 3.05) is 0 Å². The number of allylic oxidation sites excluding steroid dienone is 1. The van der Waals surface area contributed by atoms with Gasteiger partial charge < -0.3 is 10.2 Å². The number of carboxylic acids is 1. The van der Waals surface area contributed by atoms with Crippen molar-refractivity contribution in [1.29, 1.82) is 0 Å². The Balaban J connectivity index is 1.63. The van der Waals surface area contributed by atoms with E-state index in [2.05, 4.69) is 19.9 Å². The third-order valence-electron chi connectivity index (χ3n) is 9.14. The zero-order valence-corrected chi connectivity index (χ0v) is 16.0. The Morgan fingerprint density at radius 3 is 2.64 bits per heavy atom. The second-order valence-corrected chi connectivity index (χ2v) is 10.0. The van der Waals surface area contributed by atoms with Gasteiger partial charge in [0, 0.05) is 0 Å². The number of aliphatic hydroxyl groups is 1. The minimum absolute atomic E-state index is 0.142. The van der Waals surface area contributed by atoms with Crippen LogP contribution in [0.1, 0.15) is 72.1 Å². The largest absolute Gasteiger partial charge is 0.481 e. The predicted molar refractivity (Wildman–Crippen MR) is 98.0 cm³/mol. The van der Waals surface area contributed by atoms with Crippen LogP contribution in [0.25, 0.3) is 0 Å². The summed E-state index contributed by atoms with van der Waals surface area (Å²) < 4.78 is 0. The fourth-order valence-corrected chi connectivity index (χ4v) is 7.68. The van der Waals surface area contributed by atoms with Gasteiger partial charge in [-0.15, -0.1) is 0 Å². The monoisotopic (exact) mass is 346 g/mol. The fourth-order valence-electron chi connectivity index (χ4n) is 7.68. The van der Waals surface area contributed by atoms with Gasteiger partial charge in [0.2, 0.25) is 0 Å². The van der Waals surface area contributed by atoms with Crippen LogP contribution in [0, 0.1) is 40.4 Å². The molecule has 3 fully saturated rings. The minimum Gasteiger partial charge on any atom is -0.481 e. The van der Waals surface area contributed by atoms with Gasteiger partial charge in [-0.1, -0.05) is 32.4 Å². The maximum Gasteiger partial charge on any atom is 0.306 e. The van der Waals surface area contributed by atoms with Crippen LogP contribution in [-0.2, 0) is 4.79 Å². The third-order valence-corrected chi connectivity index (χ3v) is 9.14. The smallest absolute Gasteiger partial charge is 0.306 e. The molecule has 3 nitrogen and oxygen atoms in total. The lowest BCUT2D eigenvalue weighted by Crippen LogP contribution is -2.51. The summed E-state index contributed by atoms with van der Waals surface area (Å²) in [7, 11) is 0. The molecule has 0 aliphatic heterocycles. The first-order valence-electron chi connectivity index (χ1n) is 10.4. The molecule has 0 aromatic rings. The van der Waals surface area contributed by atoms with Crippen LogP contribution in [0.5, 0.6) is 0 Å². The van der Waals surface area contributed by atoms with Crippen molar-refractivity contribution in [3.05, 3.63) is 11.6 Å². The predicted octanol–water partition coefficient (Wildman–Crippen LogP) is 4.65. The number of aliphatic carboxylic acids is 1. The lowest BCUT2D eigenvalue weighted by atomic mass is 9.47. The van der Waals surface area contributed by atoms with E-state index in [1.54, 1.807) is 0 Å². The summed E-state index contributed by atoms with van der Waals surface area (Å²) in [6, 6.07) is 0. The first-order chi connectivity index (χ1) is 11.8. The highest BCUT2D eigenvalue weighted by Crippen LogP contribution is 2.67.